The van der Waals surface area contributed by atoms with Gasteiger partial charge in [-0.15, -0.1) is 0 Å². The Morgan fingerprint density at radius 1 is 0.963 bits per heavy atom. The van der Waals surface area contributed by atoms with E-state index in [9.17, 15) is 13.6 Å². The number of aromatic nitrogens is 2. The van der Waals surface area contributed by atoms with Crippen molar-refractivity contribution in [3.63, 3.8) is 0 Å². The number of nitrogens with zero attached hydrogens (tertiary/aromatic N) is 2. The summed E-state index contributed by atoms with van der Waals surface area (Å²) in [5.74, 6) is -1.22. The summed E-state index contributed by atoms with van der Waals surface area (Å²) in [6, 6.07) is 9.72. The third-order valence-electron chi connectivity index (χ3n) is 3.69. The van der Waals surface area contributed by atoms with Crippen molar-refractivity contribution in [2.45, 2.75) is 0 Å². The number of anilines is 3. The number of halogens is 2. The fourth-order valence-corrected chi connectivity index (χ4v) is 2.42. The van der Waals surface area contributed by atoms with Gasteiger partial charge in [0.2, 0.25) is 12.7 Å². The minimum Gasteiger partial charge on any atom is -0.454 e. The van der Waals surface area contributed by atoms with Gasteiger partial charge >= 0.3 is 0 Å². The van der Waals surface area contributed by atoms with E-state index in [0.29, 0.717) is 17.2 Å². The maximum atomic E-state index is 13.3. The quantitative estimate of drug-likeness (QED) is 0.731. The van der Waals surface area contributed by atoms with Gasteiger partial charge in [0.05, 0.1) is 0 Å². The molecule has 0 aliphatic carbocycles. The summed E-state index contributed by atoms with van der Waals surface area (Å²) < 4.78 is 36.8. The van der Waals surface area contributed by atoms with E-state index in [4.69, 9.17) is 9.47 Å². The summed E-state index contributed by atoms with van der Waals surface area (Å²) in [6.45, 7) is 0.137. The molecule has 0 atom stereocenters. The van der Waals surface area contributed by atoms with Crippen molar-refractivity contribution in [2.24, 2.45) is 0 Å². The van der Waals surface area contributed by atoms with Crippen LogP contribution in [-0.2, 0) is 0 Å². The van der Waals surface area contributed by atoms with Gasteiger partial charge in [-0.3, -0.25) is 4.79 Å². The average Bonchev–Trinajstić information content (AvgIpc) is 3.13. The van der Waals surface area contributed by atoms with Crippen molar-refractivity contribution < 1.29 is 23.0 Å². The molecule has 1 aliphatic rings. The lowest BCUT2D eigenvalue weighted by molar-refractivity contribution is 0.102. The van der Waals surface area contributed by atoms with Crippen LogP contribution < -0.4 is 20.1 Å². The van der Waals surface area contributed by atoms with Crippen LogP contribution in [0, 0.1) is 11.6 Å². The lowest BCUT2D eigenvalue weighted by atomic mass is 10.2. The molecule has 0 saturated carbocycles. The van der Waals surface area contributed by atoms with E-state index in [1.165, 1.54) is 18.3 Å². The van der Waals surface area contributed by atoms with E-state index in [1.807, 2.05) is 0 Å². The van der Waals surface area contributed by atoms with E-state index in [2.05, 4.69) is 20.6 Å². The highest BCUT2D eigenvalue weighted by Gasteiger charge is 2.15. The smallest absolute Gasteiger partial charge is 0.274 e. The van der Waals surface area contributed by atoms with Crippen LogP contribution >= 0.6 is 0 Å². The summed E-state index contributed by atoms with van der Waals surface area (Å²) in [7, 11) is 0. The number of hydrogen-bond acceptors (Lipinski definition) is 6. The monoisotopic (exact) mass is 370 g/mol. The van der Waals surface area contributed by atoms with Gasteiger partial charge in [-0.05, 0) is 30.3 Å². The van der Waals surface area contributed by atoms with E-state index < -0.39 is 17.5 Å². The normalized spacial score (nSPS) is 11.9. The number of ether oxygens (including phenoxy) is 2. The lowest BCUT2D eigenvalue weighted by Gasteiger charge is -2.08. The van der Waals surface area contributed by atoms with Crippen LogP contribution in [0.4, 0.5) is 26.1 Å². The van der Waals surface area contributed by atoms with Gasteiger partial charge in [0.1, 0.15) is 5.69 Å². The van der Waals surface area contributed by atoms with Gasteiger partial charge in [-0.2, -0.15) is 0 Å². The number of rotatable bonds is 4. The van der Waals surface area contributed by atoms with Crippen LogP contribution in [0.1, 0.15) is 10.5 Å². The molecular formula is C18H12F2N4O3. The molecule has 0 unspecified atom stereocenters. The maximum absolute atomic E-state index is 13.3. The largest absolute Gasteiger partial charge is 0.454 e. The molecule has 9 heteroatoms. The Balaban J connectivity index is 1.49. The van der Waals surface area contributed by atoms with Crippen LogP contribution in [-0.4, -0.2) is 22.7 Å². The predicted octanol–water partition coefficient (Wildman–Crippen LogP) is 3.48. The molecule has 4 rings (SSSR count). The number of hydrogen-bond donors (Lipinski definition) is 2. The summed E-state index contributed by atoms with van der Waals surface area (Å²) in [6.07, 6.45) is 1.38. The van der Waals surface area contributed by atoms with Crippen molar-refractivity contribution in [3.05, 3.63) is 66.0 Å². The van der Waals surface area contributed by atoms with Crippen molar-refractivity contribution in [2.75, 3.05) is 17.4 Å². The molecule has 27 heavy (non-hydrogen) atoms. The second-order valence-electron chi connectivity index (χ2n) is 5.54. The molecular weight excluding hydrogens is 358 g/mol. The van der Waals surface area contributed by atoms with Crippen molar-refractivity contribution in [3.8, 4) is 11.5 Å². The molecule has 2 aromatic carbocycles. The van der Waals surface area contributed by atoms with Gasteiger partial charge in [-0.1, -0.05) is 0 Å². The Bertz CT molecular complexity index is 1030. The second-order valence-corrected chi connectivity index (χ2v) is 5.54. The predicted molar refractivity (Wildman–Crippen MR) is 92.2 cm³/mol. The molecule has 0 fully saturated rings. The standard InChI is InChI=1S/C18H12F2N4O3/c19-12-3-1-10(7-13(12)20)23-18-21-6-5-14(24-18)17(25)22-11-2-4-15-16(8-11)27-9-26-15/h1-8H,9H2,(H,22,25)(H,21,23,24). The molecule has 0 saturated heterocycles. The van der Waals surface area contributed by atoms with Crippen molar-refractivity contribution in [1.29, 1.82) is 0 Å². The van der Waals surface area contributed by atoms with Crippen LogP contribution in [0.15, 0.2) is 48.7 Å². The highest BCUT2D eigenvalue weighted by Crippen LogP contribution is 2.34. The molecule has 0 bridgehead atoms. The maximum Gasteiger partial charge on any atom is 0.274 e. The molecule has 1 aliphatic heterocycles. The van der Waals surface area contributed by atoms with Gasteiger partial charge in [0, 0.05) is 29.7 Å². The topological polar surface area (TPSA) is 85.4 Å². The van der Waals surface area contributed by atoms with Crippen molar-refractivity contribution >= 4 is 23.2 Å². The Labute approximate surface area is 152 Å². The van der Waals surface area contributed by atoms with E-state index in [0.717, 1.165) is 12.1 Å². The summed E-state index contributed by atoms with van der Waals surface area (Å²) in [5.41, 5.74) is 0.855. The Morgan fingerprint density at radius 2 is 1.78 bits per heavy atom. The zero-order valence-electron chi connectivity index (χ0n) is 13.7. The molecule has 2 N–H and O–H groups in total. The van der Waals surface area contributed by atoms with Gasteiger partial charge in [0.15, 0.2) is 23.1 Å². The SMILES string of the molecule is O=C(Nc1ccc2c(c1)OCO2)c1ccnc(Nc2ccc(F)c(F)c2)n1. The molecule has 136 valence electrons. The molecule has 2 heterocycles. The first-order valence-corrected chi connectivity index (χ1v) is 7.84. The van der Waals surface area contributed by atoms with E-state index in [1.54, 1.807) is 18.2 Å². The highest BCUT2D eigenvalue weighted by molar-refractivity contribution is 6.03. The Morgan fingerprint density at radius 3 is 2.63 bits per heavy atom. The summed E-state index contributed by atoms with van der Waals surface area (Å²) >= 11 is 0. The summed E-state index contributed by atoms with van der Waals surface area (Å²) in [4.78, 5) is 20.5. The average molecular weight is 370 g/mol. The fraction of sp³-hybridized carbons (Fsp3) is 0.0556. The lowest BCUT2D eigenvalue weighted by Crippen LogP contribution is -2.14. The van der Waals surface area contributed by atoms with Gasteiger partial charge in [-0.25, -0.2) is 18.7 Å². The molecule has 3 aromatic rings. The third-order valence-corrected chi connectivity index (χ3v) is 3.69. The van der Waals surface area contributed by atoms with E-state index >= 15 is 0 Å². The number of benzene rings is 2. The van der Waals surface area contributed by atoms with E-state index in [-0.39, 0.29) is 24.1 Å². The minimum absolute atomic E-state index is 0.0688. The van der Waals surface area contributed by atoms with Gasteiger partial charge in [0.25, 0.3) is 5.91 Å². The van der Waals surface area contributed by atoms with Gasteiger partial charge < -0.3 is 20.1 Å². The van der Waals surface area contributed by atoms with Crippen LogP contribution in [0.2, 0.25) is 0 Å². The number of carbonyl (C=O) groups excluding carboxylic acids is 1. The number of amides is 1. The molecule has 0 spiro atoms. The first-order valence-electron chi connectivity index (χ1n) is 7.84. The molecule has 7 nitrogen and oxygen atoms in total. The molecule has 1 aromatic heterocycles. The highest BCUT2D eigenvalue weighted by atomic mass is 19.2. The fourth-order valence-electron chi connectivity index (χ4n) is 2.42. The van der Waals surface area contributed by atoms with Crippen LogP contribution in [0.25, 0.3) is 0 Å². The third kappa shape index (κ3) is 3.61. The Kier molecular flexibility index (Phi) is 4.25. The first-order chi connectivity index (χ1) is 13.1. The van der Waals surface area contributed by atoms with Crippen molar-refractivity contribution in [1.82, 2.24) is 9.97 Å². The minimum atomic E-state index is -1.00. The second kappa shape index (κ2) is 6.87. The number of fused-ring (bicyclic) bond motifs is 1. The number of nitrogens with one attached hydrogen (secondary N) is 2. The Hall–Kier alpha value is -3.75. The van der Waals surface area contributed by atoms with Crippen LogP contribution in [0.3, 0.4) is 0 Å². The first kappa shape index (κ1) is 16.7. The zero-order chi connectivity index (χ0) is 18.8. The van der Waals surface area contributed by atoms with Crippen LogP contribution in [0.5, 0.6) is 11.5 Å². The molecule has 1 amide bonds. The zero-order valence-corrected chi connectivity index (χ0v) is 13.7. The summed E-state index contributed by atoms with van der Waals surface area (Å²) in [5, 5.41) is 5.41. The number of carbonyl (C=O) groups is 1. The molecule has 0 radical (unpaired) electrons.